The molecule has 0 aliphatic carbocycles. The van der Waals surface area contributed by atoms with E-state index in [1.54, 1.807) is 0 Å². The maximum absolute atomic E-state index is 12.6. The Morgan fingerprint density at radius 2 is 1.89 bits per heavy atom. The van der Waals surface area contributed by atoms with Crippen LogP contribution < -0.4 is 5.73 Å². The number of hydrogen-bond acceptors (Lipinski definition) is 4. The highest BCUT2D eigenvalue weighted by molar-refractivity contribution is 6.09. The highest BCUT2D eigenvalue weighted by Gasteiger charge is 2.39. The number of aliphatic imine (C=N–C) groups is 1. The van der Waals surface area contributed by atoms with Crippen LogP contribution in [-0.4, -0.2) is 33.9 Å². The molecule has 0 saturated heterocycles. The van der Waals surface area contributed by atoms with Crippen molar-refractivity contribution in [3.63, 3.8) is 0 Å². The average molecular weight is 362 g/mol. The molecule has 1 atom stereocenters. The second-order valence-corrected chi connectivity index (χ2v) is 6.30. The normalized spacial score (nSPS) is 16.6. The molecule has 2 amide bonds. The van der Waals surface area contributed by atoms with Gasteiger partial charge in [-0.2, -0.15) is 4.99 Å². The lowest BCUT2D eigenvalue weighted by Gasteiger charge is -2.22. The Kier molecular flexibility index (Phi) is 4.33. The maximum Gasteiger partial charge on any atom is 0.417 e. The number of benzene rings is 2. The van der Waals surface area contributed by atoms with Gasteiger partial charge in [0.05, 0.1) is 0 Å². The van der Waals surface area contributed by atoms with Gasteiger partial charge in [-0.15, -0.1) is 0 Å². The van der Waals surface area contributed by atoms with Crippen LogP contribution >= 0.6 is 0 Å². The summed E-state index contributed by atoms with van der Waals surface area (Å²) in [5.74, 6) is -0.586. The van der Waals surface area contributed by atoms with Crippen molar-refractivity contribution in [1.29, 1.82) is 0 Å². The van der Waals surface area contributed by atoms with Crippen LogP contribution in [0.3, 0.4) is 0 Å². The molecular weight excluding hydrogens is 344 g/mol. The molecule has 27 heavy (non-hydrogen) atoms. The monoisotopic (exact) mass is 362 g/mol. The summed E-state index contributed by atoms with van der Waals surface area (Å²) in [4.78, 5) is 32.9. The molecule has 2 heterocycles. The number of aromatic nitrogens is 1. The van der Waals surface area contributed by atoms with E-state index in [9.17, 15) is 9.59 Å². The number of guanidine groups is 1. The van der Waals surface area contributed by atoms with Gasteiger partial charge in [-0.1, -0.05) is 48.5 Å². The van der Waals surface area contributed by atoms with Crippen molar-refractivity contribution in [1.82, 2.24) is 9.88 Å². The van der Waals surface area contributed by atoms with Crippen molar-refractivity contribution in [3.8, 4) is 0 Å². The number of nitrogens with zero attached hydrogens (tertiary/aromatic N) is 2. The zero-order valence-corrected chi connectivity index (χ0v) is 14.5. The van der Waals surface area contributed by atoms with Crippen molar-refractivity contribution in [2.75, 3.05) is 0 Å². The number of aromatic amines is 1. The summed E-state index contributed by atoms with van der Waals surface area (Å²) < 4.78 is 5.33. The third-order valence-electron chi connectivity index (χ3n) is 4.56. The summed E-state index contributed by atoms with van der Waals surface area (Å²) in [5, 5.41) is 0.994. The molecule has 7 heteroatoms. The number of ether oxygens (including phenoxy) is 1. The number of fused-ring (bicyclic) bond motifs is 1. The van der Waals surface area contributed by atoms with Crippen LogP contribution in [-0.2, 0) is 22.6 Å². The minimum absolute atomic E-state index is 0.0947. The predicted octanol–water partition coefficient (Wildman–Crippen LogP) is 2.57. The number of nitrogens with one attached hydrogen (secondary N) is 1. The van der Waals surface area contributed by atoms with Gasteiger partial charge in [0.15, 0.2) is 0 Å². The third-order valence-corrected chi connectivity index (χ3v) is 4.56. The van der Waals surface area contributed by atoms with Gasteiger partial charge in [-0.05, 0) is 17.2 Å². The number of para-hydroxylation sites is 1. The van der Waals surface area contributed by atoms with E-state index in [0.717, 1.165) is 26.9 Å². The number of carbonyl (C=O) groups is 2. The summed E-state index contributed by atoms with van der Waals surface area (Å²) in [7, 11) is 0. The van der Waals surface area contributed by atoms with Crippen LogP contribution in [0.15, 0.2) is 65.8 Å². The lowest BCUT2D eigenvalue weighted by Crippen LogP contribution is -2.47. The Morgan fingerprint density at radius 1 is 1.15 bits per heavy atom. The lowest BCUT2D eigenvalue weighted by molar-refractivity contribution is -0.120. The van der Waals surface area contributed by atoms with Gasteiger partial charge in [0.25, 0.3) is 5.91 Å². The third kappa shape index (κ3) is 3.27. The van der Waals surface area contributed by atoms with Gasteiger partial charge in [-0.25, -0.2) is 9.69 Å². The van der Waals surface area contributed by atoms with E-state index in [2.05, 4.69) is 9.98 Å². The van der Waals surface area contributed by atoms with Crippen molar-refractivity contribution < 1.29 is 14.3 Å². The first-order valence-corrected chi connectivity index (χ1v) is 8.56. The molecule has 3 N–H and O–H groups in total. The molecule has 1 aliphatic rings. The highest BCUT2D eigenvalue weighted by Crippen LogP contribution is 2.23. The van der Waals surface area contributed by atoms with Gasteiger partial charge in [0.1, 0.15) is 12.6 Å². The molecule has 4 rings (SSSR count). The molecule has 0 unspecified atom stereocenters. The first-order chi connectivity index (χ1) is 13.1. The Hall–Kier alpha value is -3.61. The highest BCUT2D eigenvalue weighted by atomic mass is 16.6. The first kappa shape index (κ1) is 16.8. The number of rotatable bonds is 4. The molecule has 1 aliphatic heterocycles. The topological polar surface area (TPSA) is 101 Å². The quantitative estimate of drug-likeness (QED) is 0.745. The summed E-state index contributed by atoms with van der Waals surface area (Å²) in [5.41, 5.74) is 8.54. The van der Waals surface area contributed by atoms with Crippen molar-refractivity contribution in [3.05, 3.63) is 71.9 Å². The van der Waals surface area contributed by atoms with E-state index in [-0.39, 0.29) is 12.6 Å². The molecule has 0 saturated carbocycles. The van der Waals surface area contributed by atoms with Crippen LogP contribution in [0, 0.1) is 0 Å². The summed E-state index contributed by atoms with van der Waals surface area (Å²) in [6.45, 7) is 0.0947. The van der Waals surface area contributed by atoms with Gasteiger partial charge < -0.3 is 15.5 Å². The summed E-state index contributed by atoms with van der Waals surface area (Å²) in [6.07, 6.45) is 1.45. The smallest absolute Gasteiger partial charge is 0.417 e. The fourth-order valence-electron chi connectivity index (χ4n) is 3.21. The number of hydrogen-bond donors (Lipinski definition) is 2. The zero-order chi connectivity index (χ0) is 18.8. The fourth-order valence-corrected chi connectivity index (χ4v) is 3.21. The molecule has 0 fully saturated rings. The van der Waals surface area contributed by atoms with E-state index in [4.69, 9.17) is 10.5 Å². The first-order valence-electron chi connectivity index (χ1n) is 8.56. The van der Waals surface area contributed by atoms with Crippen LogP contribution in [0.2, 0.25) is 0 Å². The molecule has 1 aromatic heterocycles. The second kappa shape index (κ2) is 6.95. The molecule has 7 nitrogen and oxygen atoms in total. The van der Waals surface area contributed by atoms with Gasteiger partial charge >= 0.3 is 6.09 Å². The van der Waals surface area contributed by atoms with E-state index in [0.29, 0.717) is 6.42 Å². The standard InChI is InChI=1S/C20H18N4O3/c21-19-23-18(25)17(10-14-11-22-16-9-5-4-8-15(14)16)24(19)20(26)27-12-13-6-2-1-3-7-13/h1-9,11,17,22H,10,12H2,(H2,21,23,25)/t17-/m1/s1. The fraction of sp³-hybridized carbons (Fsp3) is 0.150. The van der Waals surface area contributed by atoms with Crippen molar-refractivity contribution >= 4 is 28.9 Å². The molecule has 2 aromatic carbocycles. The molecule has 0 bridgehead atoms. The zero-order valence-electron chi connectivity index (χ0n) is 14.5. The number of amides is 2. The van der Waals surface area contributed by atoms with Gasteiger partial charge in [0.2, 0.25) is 5.96 Å². The summed E-state index contributed by atoms with van der Waals surface area (Å²) >= 11 is 0. The molecule has 0 spiro atoms. The SMILES string of the molecule is NC1=NC(=O)[C@@H](Cc2c[nH]c3ccccc23)N1C(=O)OCc1ccccc1. The van der Waals surface area contributed by atoms with Crippen LogP contribution in [0.25, 0.3) is 10.9 Å². The minimum atomic E-state index is -0.813. The minimum Gasteiger partial charge on any atom is -0.444 e. The van der Waals surface area contributed by atoms with E-state index in [1.165, 1.54) is 0 Å². The number of H-pyrrole nitrogens is 1. The Labute approximate surface area is 155 Å². The van der Waals surface area contributed by atoms with Gasteiger partial charge in [-0.3, -0.25) is 4.79 Å². The van der Waals surface area contributed by atoms with Crippen molar-refractivity contribution in [2.45, 2.75) is 19.1 Å². The molecular formula is C20H18N4O3. The van der Waals surface area contributed by atoms with Crippen LogP contribution in [0.1, 0.15) is 11.1 Å². The molecule has 0 radical (unpaired) electrons. The largest absolute Gasteiger partial charge is 0.444 e. The Balaban J connectivity index is 1.52. The predicted molar refractivity (Wildman–Crippen MR) is 101 cm³/mol. The van der Waals surface area contributed by atoms with Gasteiger partial charge in [0, 0.05) is 23.5 Å². The number of nitrogens with two attached hydrogens (primary N) is 1. The van der Waals surface area contributed by atoms with Crippen molar-refractivity contribution in [2.24, 2.45) is 10.7 Å². The Bertz CT molecular complexity index is 1030. The molecule has 136 valence electrons. The van der Waals surface area contributed by atoms with E-state index in [1.807, 2.05) is 60.8 Å². The lowest BCUT2D eigenvalue weighted by atomic mass is 10.0. The number of carbonyl (C=O) groups excluding carboxylic acids is 2. The van der Waals surface area contributed by atoms with E-state index < -0.39 is 18.0 Å². The average Bonchev–Trinajstić information content (AvgIpc) is 3.21. The second-order valence-electron chi connectivity index (χ2n) is 6.30. The van der Waals surface area contributed by atoms with Crippen LogP contribution in [0.5, 0.6) is 0 Å². The van der Waals surface area contributed by atoms with Crippen LogP contribution in [0.4, 0.5) is 4.79 Å². The maximum atomic E-state index is 12.6. The Morgan fingerprint density at radius 3 is 2.70 bits per heavy atom. The summed E-state index contributed by atoms with van der Waals surface area (Å²) in [6, 6.07) is 16.3. The van der Waals surface area contributed by atoms with E-state index >= 15 is 0 Å². The molecule has 3 aromatic rings.